The molecule has 0 aromatic carbocycles. The summed E-state index contributed by atoms with van der Waals surface area (Å²) < 4.78 is 0. The molecule has 0 saturated heterocycles. The highest BCUT2D eigenvalue weighted by Gasteiger charge is 2.25. The molecule has 2 atom stereocenters. The Morgan fingerprint density at radius 1 is 1.11 bits per heavy atom. The van der Waals surface area contributed by atoms with Gasteiger partial charge in [-0.05, 0) is 37.3 Å². The quantitative estimate of drug-likeness (QED) is 0.536. The Kier molecular flexibility index (Phi) is 10.6. The van der Waals surface area contributed by atoms with E-state index in [2.05, 4.69) is 51.8 Å². The van der Waals surface area contributed by atoms with Crippen molar-refractivity contribution in [3.63, 3.8) is 0 Å². The van der Waals surface area contributed by atoms with E-state index in [1.54, 1.807) is 0 Å². The molecule has 0 bridgehead atoms. The number of nitrogens with zero attached hydrogens (tertiary/aromatic N) is 1. The van der Waals surface area contributed by atoms with Gasteiger partial charge >= 0.3 is 0 Å². The van der Waals surface area contributed by atoms with Gasteiger partial charge in [-0.3, -0.25) is 0 Å². The van der Waals surface area contributed by atoms with E-state index in [1.807, 2.05) is 0 Å². The van der Waals surface area contributed by atoms with Gasteiger partial charge in [0.1, 0.15) is 0 Å². The summed E-state index contributed by atoms with van der Waals surface area (Å²) in [6, 6.07) is 0. The molecule has 0 aromatic rings. The summed E-state index contributed by atoms with van der Waals surface area (Å²) in [4.78, 5) is 2.65. The zero-order chi connectivity index (χ0) is 14.7. The Hall–Kier alpha value is -0.0800. The molecular weight excluding hydrogens is 232 g/mol. The Labute approximate surface area is 122 Å². The van der Waals surface area contributed by atoms with Crippen LogP contribution in [-0.2, 0) is 0 Å². The Morgan fingerprint density at radius 2 is 1.79 bits per heavy atom. The molecular formula is C17H38N2. The average Bonchev–Trinajstić information content (AvgIpc) is 2.38. The molecule has 0 aliphatic rings. The molecule has 2 nitrogen and oxygen atoms in total. The number of hydrogen-bond acceptors (Lipinski definition) is 2. The summed E-state index contributed by atoms with van der Waals surface area (Å²) in [6.07, 6.45) is 5.12. The normalized spacial score (nSPS) is 16.6. The van der Waals surface area contributed by atoms with Crippen LogP contribution in [0.3, 0.4) is 0 Å². The monoisotopic (exact) mass is 270 g/mol. The standard InChI is InChI=1S/C17H38N2/c1-7-11-17(6,14-18-12-8-2)15-19(10-4)13-16(5)9-3/h16,18H,7-15H2,1-6H3. The third-order valence-electron chi connectivity index (χ3n) is 4.15. The molecule has 0 radical (unpaired) electrons. The van der Waals surface area contributed by atoms with Crippen LogP contribution in [0.25, 0.3) is 0 Å². The SMILES string of the molecule is CCCNCC(C)(CCC)CN(CC)CC(C)CC. The second-order valence-corrected chi connectivity index (χ2v) is 6.58. The third-order valence-corrected chi connectivity index (χ3v) is 4.15. The van der Waals surface area contributed by atoms with Crippen molar-refractivity contribution in [2.75, 3.05) is 32.7 Å². The lowest BCUT2D eigenvalue weighted by molar-refractivity contribution is 0.139. The highest BCUT2D eigenvalue weighted by atomic mass is 15.1. The Balaban J connectivity index is 4.40. The summed E-state index contributed by atoms with van der Waals surface area (Å²) in [5.41, 5.74) is 0.424. The van der Waals surface area contributed by atoms with E-state index in [0.717, 1.165) is 19.0 Å². The fourth-order valence-electron chi connectivity index (χ4n) is 2.81. The lowest BCUT2D eigenvalue weighted by Crippen LogP contribution is -2.43. The summed E-state index contributed by atoms with van der Waals surface area (Å²) >= 11 is 0. The van der Waals surface area contributed by atoms with E-state index in [4.69, 9.17) is 0 Å². The van der Waals surface area contributed by atoms with E-state index >= 15 is 0 Å². The smallest absolute Gasteiger partial charge is 0.00475 e. The third kappa shape index (κ3) is 8.65. The second kappa shape index (κ2) is 10.7. The van der Waals surface area contributed by atoms with Gasteiger partial charge in [0.2, 0.25) is 0 Å². The van der Waals surface area contributed by atoms with Crippen molar-refractivity contribution in [1.82, 2.24) is 10.2 Å². The van der Waals surface area contributed by atoms with Gasteiger partial charge in [0.05, 0.1) is 0 Å². The van der Waals surface area contributed by atoms with E-state index in [-0.39, 0.29) is 0 Å². The van der Waals surface area contributed by atoms with E-state index in [1.165, 1.54) is 45.3 Å². The van der Waals surface area contributed by atoms with Crippen LogP contribution in [0.15, 0.2) is 0 Å². The Morgan fingerprint density at radius 3 is 2.26 bits per heavy atom. The first kappa shape index (κ1) is 18.9. The van der Waals surface area contributed by atoms with Crippen molar-refractivity contribution in [1.29, 1.82) is 0 Å². The Bertz CT molecular complexity index is 205. The molecule has 19 heavy (non-hydrogen) atoms. The maximum absolute atomic E-state index is 3.63. The second-order valence-electron chi connectivity index (χ2n) is 6.58. The molecule has 0 aliphatic carbocycles. The fraction of sp³-hybridized carbons (Fsp3) is 1.00. The van der Waals surface area contributed by atoms with E-state index < -0.39 is 0 Å². The van der Waals surface area contributed by atoms with Crippen LogP contribution < -0.4 is 5.32 Å². The summed E-state index contributed by atoms with van der Waals surface area (Å²) in [5, 5.41) is 3.63. The van der Waals surface area contributed by atoms with Crippen LogP contribution in [0.2, 0.25) is 0 Å². The highest BCUT2D eigenvalue weighted by Crippen LogP contribution is 2.24. The molecule has 0 amide bonds. The minimum Gasteiger partial charge on any atom is -0.316 e. The molecule has 2 unspecified atom stereocenters. The molecule has 2 heteroatoms. The van der Waals surface area contributed by atoms with Gasteiger partial charge in [0.15, 0.2) is 0 Å². The number of hydrogen-bond donors (Lipinski definition) is 1. The van der Waals surface area contributed by atoms with Crippen LogP contribution in [0.5, 0.6) is 0 Å². The van der Waals surface area contributed by atoms with Crippen molar-refractivity contribution in [3.05, 3.63) is 0 Å². The van der Waals surface area contributed by atoms with Crippen molar-refractivity contribution in [2.24, 2.45) is 11.3 Å². The van der Waals surface area contributed by atoms with Crippen molar-refractivity contribution < 1.29 is 0 Å². The lowest BCUT2D eigenvalue weighted by Gasteiger charge is -2.36. The molecule has 1 N–H and O–H groups in total. The topological polar surface area (TPSA) is 15.3 Å². The first-order valence-corrected chi connectivity index (χ1v) is 8.44. The van der Waals surface area contributed by atoms with Gasteiger partial charge in [-0.15, -0.1) is 0 Å². The van der Waals surface area contributed by atoms with Crippen LogP contribution >= 0.6 is 0 Å². The first-order valence-electron chi connectivity index (χ1n) is 8.44. The predicted molar refractivity (Wildman–Crippen MR) is 87.7 cm³/mol. The molecule has 0 fully saturated rings. The maximum Gasteiger partial charge on any atom is 0.00475 e. The summed E-state index contributed by atoms with van der Waals surface area (Å²) in [6.45, 7) is 19.9. The van der Waals surface area contributed by atoms with Crippen molar-refractivity contribution in [3.8, 4) is 0 Å². The molecule has 0 heterocycles. The zero-order valence-electron chi connectivity index (χ0n) is 14.4. The molecule has 0 saturated carbocycles. The summed E-state index contributed by atoms with van der Waals surface area (Å²) in [7, 11) is 0. The molecule has 0 aliphatic heterocycles. The minimum absolute atomic E-state index is 0.424. The highest BCUT2D eigenvalue weighted by molar-refractivity contribution is 4.81. The average molecular weight is 271 g/mol. The predicted octanol–water partition coefficient (Wildman–Crippen LogP) is 4.16. The molecule has 0 rings (SSSR count). The molecule has 0 spiro atoms. The van der Waals surface area contributed by atoms with Gasteiger partial charge < -0.3 is 10.2 Å². The van der Waals surface area contributed by atoms with Crippen molar-refractivity contribution in [2.45, 2.75) is 67.2 Å². The summed E-state index contributed by atoms with van der Waals surface area (Å²) in [5.74, 6) is 0.814. The number of rotatable bonds is 12. The fourth-order valence-corrected chi connectivity index (χ4v) is 2.81. The van der Waals surface area contributed by atoms with Crippen LogP contribution in [0.4, 0.5) is 0 Å². The van der Waals surface area contributed by atoms with Gasteiger partial charge in [-0.1, -0.05) is 54.4 Å². The largest absolute Gasteiger partial charge is 0.316 e. The van der Waals surface area contributed by atoms with Gasteiger partial charge in [-0.25, -0.2) is 0 Å². The molecule has 116 valence electrons. The minimum atomic E-state index is 0.424. The number of nitrogens with one attached hydrogen (secondary N) is 1. The van der Waals surface area contributed by atoms with Crippen LogP contribution in [0.1, 0.15) is 67.2 Å². The van der Waals surface area contributed by atoms with Gasteiger partial charge in [0, 0.05) is 19.6 Å². The maximum atomic E-state index is 3.63. The van der Waals surface area contributed by atoms with Crippen LogP contribution in [-0.4, -0.2) is 37.6 Å². The molecule has 0 aromatic heterocycles. The van der Waals surface area contributed by atoms with Gasteiger partial charge in [-0.2, -0.15) is 0 Å². The lowest BCUT2D eigenvalue weighted by atomic mass is 9.84. The van der Waals surface area contributed by atoms with E-state index in [0.29, 0.717) is 5.41 Å². The van der Waals surface area contributed by atoms with Crippen molar-refractivity contribution >= 4 is 0 Å². The van der Waals surface area contributed by atoms with Gasteiger partial charge in [0.25, 0.3) is 0 Å². The van der Waals surface area contributed by atoms with Crippen LogP contribution in [0, 0.1) is 11.3 Å². The first-order chi connectivity index (χ1) is 9.01. The van der Waals surface area contributed by atoms with E-state index in [9.17, 15) is 0 Å². The zero-order valence-corrected chi connectivity index (χ0v) is 14.4.